The fourth-order valence-electron chi connectivity index (χ4n) is 1.04. The van der Waals surface area contributed by atoms with Crippen LogP contribution in [0.3, 0.4) is 0 Å². The highest BCUT2D eigenvalue weighted by Gasteiger charge is 2.08. The number of halogens is 1. The highest BCUT2D eigenvalue weighted by molar-refractivity contribution is 6.18. The topological polar surface area (TPSA) is 21.3 Å². The van der Waals surface area contributed by atoms with Crippen molar-refractivity contribution in [2.24, 2.45) is 5.92 Å². The van der Waals surface area contributed by atoms with Crippen molar-refractivity contribution in [3.63, 3.8) is 0 Å². The van der Waals surface area contributed by atoms with Crippen molar-refractivity contribution in [1.29, 1.82) is 0 Å². The average molecular weight is 208 g/mol. The first kappa shape index (κ1) is 13.2. The van der Waals surface area contributed by atoms with Gasteiger partial charge in [-0.1, -0.05) is 6.92 Å². The normalized spacial score (nSPS) is 15.7. The summed E-state index contributed by atoms with van der Waals surface area (Å²) in [5.74, 6) is 1.27. The lowest BCUT2D eigenvalue weighted by Gasteiger charge is -2.18. The molecule has 0 aromatic carbocycles. The molecule has 0 spiro atoms. The summed E-state index contributed by atoms with van der Waals surface area (Å²) < 4.78 is 4.97. The van der Waals surface area contributed by atoms with E-state index in [4.69, 9.17) is 16.3 Å². The zero-order chi connectivity index (χ0) is 10.1. The molecule has 0 radical (unpaired) electrons. The SMILES string of the molecule is COCCCCNC(C)C(C)CCl. The molecule has 80 valence electrons. The molecule has 0 fully saturated rings. The largest absolute Gasteiger partial charge is 0.385 e. The van der Waals surface area contributed by atoms with Crippen molar-refractivity contribution in [1.82, 2.24) is 5.32 Å². The molecule has 0 aromatic rings. The minimum absolute atomic E-state index is 0.514. The van der Waals surface area contributed by atoms with E-state index in [9.17, 15) is 0 Å². The third kappa shape index (κ3) is 7.29. The maximum absolute atomic E-state index is 5.75. The molecule has 2 nitrogen and oxygen atoms in total. The monoisotopic (exact) mass is 207 g/mol. The van der Waals surface area contributed by atoms with Crippen LogP contribution in [-0.4, -0.2) is 32.2 Å². The van der Waals surface area contributed by atoms with E-state index >= 15 is 0 Å². The van der Waals surface area contributed by atoms with Crippen molar-refractivity contribution in [2.45, 2.75) is 32.7 Å². The van der Waals surface area contributed by atoms with Gasteiger partial charge >= 0.3 is 0 Å². The van der Waals surface area contributed by atoms with Gasteiger partial charge in [0.25, 0.3) is 0 Å². The van der Waals surface area contributed by atoms with Crippen LogP contribution < -0.4 is 5.32 Å². The van der Waals surface area contributed by atoms with E-state index in [2.05, 4.69) is 19.2 Å². The molecule has 1 N–H and O–H groups in total. The van der Waals surface area contributed by atoms with Gasteiger partial charge < -0.3 is 10.1 Å². The van der Waals surface area contributed by atoms with Gasteiger partial charge in [0, 0.05) is 25.6 Å². The van der Waals surface area contributed by atoms with E-state index in [1.807, 2.05) is 0 Å². The minimum Gasteiger partial charge on any atom is -0.385 e. The van der Waals surface area contributed by atoms with E-state index in [-0.39, 0.29) is 0 Å². The number of unbranched alkanes of at least 4 members (excludes halogenated alkanes) is 1. The Labute approximate surface area is 87.0 Å². The third-order valence-electron chi connectivity index (χ3n) is 2.34. The molecule has 0 aliphatic rings. The maximum Gasteiger partial charge on any atom is 0.0462 e. The molecule has 13 heavy (non-hydrogen) atoms. The number of hydrogen-bond acceptors (Lipinski definition) is 2. The van der Waals surface area contributed by atoms with Crippen LogP contribution in [-0.2, 0) is 4.74 Å². The highest BCUT2D eigenvalue weighted by atomic mass is 35.5. The van der Waals surface area contributed by atoms with E-state index in [1.165, 1.54) is 6.42 Å². The smallest absolute Gasteiger partial charge is 0.0462 e. The van der Waals surface area contributed by atoms with Crippen molar-refractivity contribution in [3.8, 4) is 0 Å². The third-order valence-corrected chi connectivity index (χ3v) is 2.83. The first-order valence-corrected chi connectivity index (χ1v) is 5.54. The van der Waals surface area contributed by atoms with Crippen LogP contribution in [0.25, 0.3) is 0 Å². The van der Waals surface area contributed by atoms with Crippen LogP contribution in [0.15, 0.2) is 0 Å². The molecule has 0 saturated heterocycles. The van der Waals surface area contributed by atoms with Crippen LogP contribution in [0.2, 0.25) is 0 Å². The average Bonchev–Trinajstić information content (AvgIpc) is 2.16. The Morgan fingerprint density at radius 3 is 2.54 bits per heavy atom. The summed E-state index contributed by atoms with van der Waals surface area (Å²) in [6, 6.07) is 0.514. The van der Waals surface area contributed by atoms with Gasteiger partial charge in [0.15, 0.2) is 0 Å². The van der Waals surface area contributed by atoms with E-state index in [1.54, 1.807) is 7.11 Å². The van der Waals surface area contributed by atoms with Gasteiger partial charge in [-0.3, -0.25) is 0 Å². The second-order valence-electron chi connectivity index (χ2n) is 3.57. The first-order valence-electron chi connectivity index (χ1n) is 5.00. The zero-order valence-electron chi connectivity index (χ0n) is 8.98. The Bertz CT molecular complexity index is 111. The van der Waals surface area contributed by atoms with Crippen LogP contribution >= 0.6 is 11.6 Å². The number of ether oxygens (including phenoxy) is 1. The number of rotatable bonds is 8. The molecule has 2 unspecified atom stereocenters. The molecule has 0 aliphatic heterocycles. The van der Waals surface area contributed by atoms with Gasteiger partial charge in [-0.15, -0.1) is 11.6 Å². The summed E-state index contributed by atoms with van der Waals surface area (Å²) >= 11 is 5.75. The lowest BCUT2D eigenvalue weighted by molar-refractivity contribution is 0.192. The second kappa shape index (κ2) is 8.79. The number of alkyl halides is 1. The summed E-state index contributed by atoms with van der Waals surface area (Å²) in [4.78, 5) is 0. The zero-order valence-corrected chi connectivity index (χ0v) is 9.73. The van der Waals surface area contributed by atoms with Crippen LogP contribution in [0, 0.1) is 5.92 Å². The predicted molar refractivity (Wildman–Crippen MR) is 58.5 cm³/mol. The quantitative estimate of drug-likeness (QED) is 0.487. The van der Waals surface area contributed by atoms with E-state index < -0.39 is 0 Å². The Kier molecular flexibility index (Phi) is 8.93. The molecular formula is C10H22ClNO. The van der Waals surface area contributed by atoms with Crippen LogP contribution in [0.1, 0.15) is 26.7 Å². The Morgan fingerprint density at radius 1 is 1.31 bits per heavy atom. The fraction of sp³-hybridized carbons (Fsp3) is 1.00. The molecule has 0 rings (SSSR count). The summed E-state index contributed by atoms with van der Waals surface area (Å²) in [5.41, 5.74) is 0. The predicted octanol–water partition coefficient (Wildman–Crippen LogP) is 2.27. The molecule has 0 aliphatic carbocycles. The molecule has 3 heteroatoms. The van der Waals surface area contributed by atoms with Gasteiger partial charge in [0.05, 0.1) is 0 Å². The molecule has 0 amide bonds. The Balaban J connectivity index is 3.21. The van der Waals surface area contributed by atoms with Crippen molar-refractivity contribution >= 4 is 11.6 Å². The van der Waals surface area contributed by atoms with Gasteiger partial charge in [0.1, 0.15) is 0 Å². The summed E-state index contributed by atoms with van der Waals surface area (Å²) in [5, 5.41) is 3.45. The lowest BCUT2D eigenvalue weighted by atomic mass is 10.1. The molecule has 0 aromatic heterocycles. The summed E-state index contributed by atoms with van der Waals surface area (Å²) in [6.07, 6.45) is 2.30. The van der Waals surface area contributed by atoms with Crippen molar-refractivity contribution in [3.05, 3.63) is 0 Å². The summed E-state index contributed by atoms with van der Waals surface area (Å²) in [6.45, 7) is 6.27. The van der Waals surface area contributed by atoms with Gasteiger partial charge in [0.2, 0.25) is 0 Å². The number of methoxy groups -OCH3 is 1. The molecule has 0 heterocycles. The van der Waals surface area contributed by atoms with Crippen molar-refractivity contribution < 1.29 is 4.74 Å². The van der Waals surface area contributed by atoms with Gasteiger partial charge in [-0.05, 0) is 32.2 Å². The maximum atomic E-state index is 5.75. The van der Waals surface area contributed by atoms with Crippen molar-refractivity contribution in [2.75, 3.05) is 26.1 Å². The Morgan fingerprint density at radius 2 is 2.00 bits per heavy atom. The Hall–Kier alpha value is 0.210. The molecule has 0 bridgehead atoms. The van der Waals surface area contributed by atoms with Crippen LogP contribution in [0.4, 0.5) is 0 Å². The van der Waals surface area contributed by atoms with E-state index in [0.717, 1.165) is 25.5 Å². The minimum atomic E-state index is 0.514. The summed E-state index contributed by atoms with van der Waals surface area (Å²) in [7, 11) is 1.74. The number of nitrogens with one attached hydrogen (secondary N) is 1. The van der Waals surface area contributed by atoms with E-state index in [0.29, 0.717) is 12.0 Å². The second-order valence-corrected chi connectivity index (χ2v) is 3.88. The number of hydrogen-bond donors (Lipinski definition) is 1. The van der Waals surface area contributed by atoms with Gasteiger partial charge in [-0.2, -0.15) is 0 Å². The molecule has 0 saturated carbocycles. The lowest BCUT2D eigenvalue weighted by Crippen LogP contribution is -2.33. The van der Waals surface area contributed by atoms with Crippen LogP contribution in [0.5, 0.6) is 0 Å². The molecule has 2 atom stereocenters. The molecular weight excluding hydrogens is 186 g/mol. The standard InChI is InChI=1S/C10H22ClNO/c1-9(8-11)10(2)12-6-4-5-7-13-3/h9-10,12H,4-8H2,1-3H3. The first-order chi connectivity index (χ1) is 6.22. The van der Waals surface area contributed by atoms with Gasteiger partial charge in [-0.25, -0.2) is 0 Å². The highest BCUT2D eigenvalue weighted by Crippen LogP contribution is 2.04. The fourth-order valence-corrected chi connectivity index (χ4v) is 1.30.